The molecular formula is C21H22N2O3. The first-order chi connectivity index (χ1) is 12.5. The number of anilines is 1. The van der Waals surface area contributed by atoms with Gasteiger partial charge < -0.3 is 19.4 Å². The summed E-state index contributed by atoms with van der Waals surface area (Å²) in [5.41, 5.74) is 4.06. The number of hydrogen-bond donors (Lipinski definition) is 1. The zero-order valence-electron chi connectivity index (χ0n) is 15.4. The molecule has 0 atom stereocenters. The molecule has 0 saturated heterocycles. The largest absolute Gasteiger partial charge is 0.497 e. The summed E-state index contributed by atoms with van der Waals surface area (Å²) in [6.45, 7) is 3.91. The highest BCUT2D eigenvalue weighted by molar-refractivity contribution is 6.06. The van der Waals surface area contributed by atoms with Gasteiger partial charge in [0.25, 0.3) is 5.91 Å². The van der Waals surface area contributed by atoms with E-state index in [9.17, 15) is 4.79 Å². The van der Waals surface area contributed by atoms with E-state index in [0.29, 0.717) is 17.0 Å². The average molecular weight is 350 g/mol. The maximum Gasteiger partial charge on any atom is 0.257 e. The van der Waals surface area contributed by atoms with E-state index in [2.05, 4.69) is 5.32 Å². The maximum atomic E-state index is 12.8. The average Bonchev–Trinajstić information content (AvgIpc) is 2.96. The molecule has 1 aromatic heterocycles. The third-order valence-corrected chi connectivity index (χ3v) is 4.34. The fourth-order valence-electron chi connectivity index (χ4n) is 3.08. The lowest BCUT2D eigenvalue weighted by Crippen LogP contribution is -2.13. The summed E-state index contributed by atoms with van der Waals surface area (Å²) in [7, 11) is 3.22. The molecule has 0 saturated carbocycles. The Bertz CT molecular complexity index is 944. The van der Waals surface area contributed by atoms with Crippen LogP contribution in [0.3, 0.4) is 0 Å². The van der Waals surface area contributed by atoms with Crippen LogP contribution < -0.4 is 14.8 Å². The minimum absolute atomic E-state index is 0.170. The van der Waals surface area contributed by atoms with Crippen LogP contribution in [-0.2, 0) is 0 Å². The lowest BCUT2D eigenvalue weighted by Gasteiger charge is -2.12. The first kappa shape index (κ1) is 17.6. The van der Waals surface area contributed by atoms with Crippen molar-refractivity contribution in [1.82, 2.24) is 4.57 Å². The minimum Gasteiger partial charge on any atom is -0.497 e. The van der Waals surface area contributed by atoms with Gasteiger partial charge in [0.05, 0.1) is 25.5 Å². The second-order valence-electron chi connectivity index (χ2n) is 5.98. The number of aryl methyl sites for hydroxylation is 1. The van der Waals surface area contributed by atoms with Crippen LogP contribution in [0.4, 0.5) is 5.69 Å². The van der Waals surface area contributed by atoms with Crippen molar-refractivity contribution in [3.8, 4) is 17.2 Å². The Labute approximate surface area is 153 Å². The highest BCUT2D eigenvalue weighted by atomic mass is 16.5. The van der Waals surface area contributed by atoms with E-state index >= 15 is 0 Å². The van der Waals surface area contributed by atoms with Gasteiger partial charge in [-0.15, -0.1) is 0 Å². The second kappa shape index (κ2) is 7.35. The summed E-state index contributed by atoms with van der Waals surface area (Å²) in [6.07, 6.45) is 0. The van der Waals surface area contributed by atoms with Crippen LogP contribution in [0.1, 0.15) is 21.7 Å². The standard InChI is InChI=1S/C21H22N2O3/c1-14-12-18(21(24)22-19-10-5-6-11-20(19)26-4)15(2)23(14)16-8-7-9-17(13-16)25-3/h5-13H,1-4H3,(H,22,24). The van der Waals surface area contributed by atoms with Crippen molar-refractivity contribution < 1.29 is 14.3 Å². The molecule has 0 spiro atoms. The van der Waals surface area contributed by atoms with Crippen molar-refractivity contribution in [2.24, 2.45) is 0 Å². The van der Waals surface area contributed by atoms with E-state index in [-0.39, 0.29) is 5.91 Å². The Hall–Kier alpha value is -3.21. The van der Waals surface area contributed by atoms with Crippen molar-refractivity contribution in [1.29, 1.82) is 0 Å². The molecule has 0 radical (unpaired) electrons. The van der Waals surface area contributed by atoms with Gasteiger partial charge in [0.2, 0.25) is 0 Å². The summed E-state index contributed by atoms with van der Waals surface area (Å²) in [6, 6.07) is 17.0. The van der Waals surface area contributed by atoms with Gasteiger partial charge in [-0.1, -0.05) is 18.2 Å². The van der Waals surface area contributed by atoms with Crippen LogP contribution in [-0.4, -0.2) is 24.7 Å². The number of para-hydroxylation sites is 2. The number of aromatic nitrogens is 1. The van der Waals surface area contributed by atoms with Gasteiger partial charge in [-0.25, -0.2) is 0 Å². The lowest BCUT2D eigenvalue weighted by molar-refractivity contribution is 0.102. The van der Waals surface area contributed by atoms with E-state index in [0.717, 1.165) is 22.8 Å². The van der Waals surface area contributed by atoms with E-state index < -0.39 is 0 Å². The fourth-order valence-corrected chi connectivity index (χ4v) is 3.08. The number of carbonyl (C=O) groups is 1. The van der Waals surface area contributed by atoms with E-state index in [1.165, 1.54) is 0 Å². The molecule has 5 heteroatoms. The van der Waals surface area contributed by atoms with Crippen molar-refractivity contribution in [2.75, 3.05) is 19.5 Å². The van der Waals surface area contributed by atoms with Gasteiger partial charge in [-0.3, -0.25) is 4.79 Å². The summed E-state index contributed by atoms with van der Waals surface area (Å²) in [5, 5.41) is 2.93. The second-order valence-corrected chi connectivity index (χ2v) is 5.98. The third-order valence-electron chi connectivity index (χ3n) is 4.34. The Balaban J connectivity index is 1.95. The quantitative estimate of drug-likeness (QED) is 0.744. The number of methoxy groups -OCH3 is 2. The molecule has 2 aromatic carbocycles. The molecule has 0 bridgehead atoms. The van der Waals surface area contributed by atoms with Crippen molar-refractivity contribution >= 4 is 11.6 Å². The number of nitrogens with zero attached hydrogens (tertiary/aromatic N) is 1. The molecule has 0 unspecified atom stereocenters. The molecular weight excluding hydrogens is 328 g/mol. The van der Waals surface area contributed by atoms with Crippen LogP contribution in [0, 0.1) is 13.8 Å². The number of benzene rings is 2. The molecule has 0 aliphatic carbocycles. The molecule has 0 aliphatic heterocycles. The Morgan fingerprint density at radius 1 is 0.962 bits per heavy atom. The molecule has 0 aliphatic rings. The van der Waals surface area contributed by atoms with E-state index in [4.69, 9.17) is 9.47 Å². The monoisotopic (exact) mass is 350 g/mol. The maximum absolute atomic E-state index is 12.8. The molecule has 3 rings (SSSR count). The van der Waals surface area contributed by atoms with Crippen LogP contribution in [0.25, 0.3) is 5.69 Å². The number of ether oxygens (including phenoxy) is 2. The molecule has 134 valence electrons. The number of hydrogen-bond acceptors (Lipinski definition) is 3. The van der Waals surface area contributed by atoms with Crippen molar-refractivity contribution in [2.45, 2.75) is 13.8 Å². The van der Waals surface area contributed by atoms with Crippen LogP contribution >= 0.6 is 0 Å². The van der Waals surface area contributed by atoms with Crippen molar-refractivity contribution in [3.05, 3.63) is 71.5 Å². The number of amides is 1. The van der Waals surface area contributed by atoms with Crippen LogP contribution in [0.5, 0.6) is 11.5 Å². The Kier molecular flexibility index (Phi) is 4.98. The summed E-state index contributed by atoms with van der Waals surface area (Å²) >= 11 is 0. The molecule has 26 heavy (non-hydrogen) atoms. The van der Waals surface area contributed by atoms with Gasteiger partial charge >= 0.3 is 0 Å². The van der Waals surface area contributed by atoms with E-state index in [1.54, 1.807) is 14.2 Å². The molecule has 1 N–H and O–H groups in total. The summed E-state index contributed by atoms with van der Waals surface area (Å²) < 4.78 is 12.7. The van der Waals surface area contributed by atoms with E-state index in [1.807, 2.05) is 73.0 Å². The Morgan fingerprint density at radius 3 is 2.46 bits per heavy atom. The predicted molar refractivity (Wildman–Crippen MR) is 103 cm³/mol. The highest BCUT2D eigenvalue weighted by Crippen LogP contribution is 2.27. The topological polar surface area (TPSA) is 52.5 Å². The molecule has 1 amide bonds. The van der Waals surface area contributed by atoms with Crippen molar-refractivity contribution in [3.63, 3.8) is 0 Å². The third kappa shape index (κ3) is 3.28. The smallest absolute Gasteiger partial charge is 0.257 e. The zero-order valence-corrected chi connectivity index (χ0v) is 15.4. The van der Waals surface area contributed by atoms with Crippen LogP contribution in [0.15, 0.2) is 54.6 Å². The lowest BCUT2D eigenvalue weighted by atomic mass is 10.2. The van der Waals surface area contributed by atoms with Gasteiger partial charge in [-0.2, -0.15) is 0 Å². The predicted octanol–water partition coefficient (Wildman–Crippen LogP) is 4.36. The summed E-state index contributed by atoms with van der Waals surface area (Å²) in [4.78, 5) is 12.8. The number of rotatable bonds is 5. The number of carbonyl (C=O) groups excluding carboxylic acids is 1. The van der Waals surface area contributed by atoms with Crippen LogP contribution in [0.2, 0.25) is 0 Å². The summed E-state index contributed by atoms with van der Waals surface area (Å²) in [5.74, 6) is 1.23. The minimum atomic E-state index is -0.170. The molecule has 3 aromatic rings. The van der Waals surface area contributed by atoms with Gasteiger partial charge in [0.1, 0.15) is 11.5 Å². The first-order valence-electron chi connectivity index (χ1n) is 8.33. The highest BCUT2D eigenvalue weighted by Gasteiger charge is 2.18. The SMILES string of the molecule is COc1cccc(-n2c(C)cc(C(=O)Nc3ccccc3OC)c2C)c1. The fraction of sp³-hybridized carbons (Fsp3) is 0.190. The molecule has 1 heterocycles. The number of nitrogens with one attached hydrogen (secondary N) is 1. The van der Waals surface area contributed by atoms with Gasteiger partial charge in [0.15, 0.2) is 0 Å². The normalized spacial score (nSPS) is 10.5. The molecule has 0 fully saturated rings. The first-order valence-corrected chi connectivity index (χ1v) is 8.33. The van der Waals surface area contributed by atoms with Gasteiger partial charge in [-0.05, 0) is 44.2 Å². The van der Waals surface area contributed by atoms with Gasteiger partial charge in [0, 0.05) is 23.1 Å². The molecule has 5 nitrogen and oxygen atoms in total. The Morgan fingerprint density at radius 2 is 1.73 bits per heavy atom. The zero-order chi connectivity index (χ0) is 18.7.